The van der Waals surface area contributed by atoms with Gasteiger partial charge in [0.15, 0.2) is 0 Å². The molecule has 0 atom stereocenters. The molecule has 5 nitrogen and oxygen atoms in total. The molecule has 30 heavy (non-hydrogen) atoms. The van der Waals surface area contributed by atoms with Gasteiger partial charge in [-0.3, -0.25) is 9.48 Å². The molecule has 0 unspecified atom stereocenters. The highest BCUT2D eigenvalue weighted by molar-refractivity contribution is 6.21. The molecule has 1 aromatic carbocycles. The summed E-state index contributed by atoms with van der Waals surface area (Å²) in [4.78, 5) is 15.8. The largest absolute Gasteiger partial charge is 0.349 e. The zero-order valence-corrected chi connectivity index (χ0v) is 18.4. The minimum Gasteiger partial charge on any atom is -0.349 e. The Morgan fingerprint density at radius 3 is 2.57 bits per heavy atom. The second kappa shape index (κ2) is 7.38. The Hall–Kier alpha value is -2.40. The number of nitrogens with zero attached hydrogens (tertiary/aromatic N) is 3. The van der Waals surface area contributed by atoms with Crippen molar-refractivity contribution in [2.45, 2.75) is 51.5 Å². The Labute approximate surface area is 179 Å². The predicted octanol–water partition coefficient (Wildman–Crippen LogP) is 3.80. The van der Waals surface area contributed by atoms with Crippen LogP contribution in [0, 0.1) is 5.41 Å². The number of fused-ring (bicyclic) bond motifs is 1. The summed E-state index contributed by atoms with van der Waals surface area (Å²) in [6, 6.07) is 6.84. The van der Waals surface area contributed by atoms with Crippen LogP contribution in [0.5, 0.6) is 0 Å². The van der Waals surface area contributed by atoms with E-state index in [0.717, 1.165) is 47.9 Å². The quantitative estimate of drug-likeness (QED) is 0.847. The van der Waals surface area contributed by atoms with Gasteiger partial charge in [0.2, 0.25) is 0 Å². The second-order valence-corrected chi connectivity index (χ2v) is 9.85. The van der Waals surface area contributed by atoms with Crippen molar-refractivity contribution in [3.8, 4) is 11.1 Å². The van der Waals surface area contributed by atoms with E-state index in [0.29, 0.717) is 11.5 Å². The number of carbonyl (C=O) groups is 1. The van der Waals surface area contributed by atoms with Crippen molar-refractivity contribution in [1.29, 1.82) is 0 Å². The molecule has 1 aliphatic heterocycles. The highest BCUT2D eigenvalue weighted by atomic mass is 16.1. The molecule has 2 aromatic rings. The molecule has 2 heterocycles. The van der Waals surface area contributed by atoms with Crippen molar-refractivity contribution in [2.75, 3.05) is 20.1 Å². The van der Waals surface area contributed by atoms with Crippen LogP contribution in [-0.4, -0.2) is 46.8 Å². The maximum Gasteiger partial charge on any atom is 0.252 e. The molecule has 1 aromatic heterocycles. The number of likely N-dealkylation sites (tertiary alicyclic amines) is 1. The number of benzene rings is 1. The van der Waals surface area contributed by atoms with Crippen molar-refractivity contribution in [3.63, 3.8) is 0 Å². The molecule has 1 amide bonds. The summed E-state index contributed by atoms with van der Waals surface area (Å²) in [7, 11) is 4.13. The summed E-state index contributed by atoms with van der Waals surface area (Å²) >= 11 is 0. The van der Waals surface area contributed by atoms with Crippen LogP contribution >= 0.6 is 0 Å². The lowest BCUT2D eigenvalue weighted by molar-refractivity contribution is -0.117. The van der Waals surface area contributed by atoms with Gasteiger partial charge in [-0.05, 0) is 80.7 Å². The normalized spacial score (nSPS) is 21.4. The average Bonchev–Trinajstić information content (AvgIpc) is 3.14. The fourth-order valence-corrected chi connectivity index (χ4v) is 5.82. The number of hydrogen-bond donors (Lipinski definition) is 1. The van der Waals surface area contributed by atoms with Crippen LogP contribution in [0.25, 0.3) is 16.7 Å². The molecule has 2 aliphatic carbocycles. The van der Waals surface area contributed by atoms with Crippen molar-refractivity contribution in [3.05, 3.63) is 47.3 Å². The summed E-state index contributed by atoms with van der Waals surface area (Å²) in [5.41, 5.74) is 7.22. The molecule has 1 saturated heterocycles. The summed E-state index contributed by atoms with van der Waals surface area (Å²) in [6.45, 7) is 4.57. The number of rotatable bonds is 3. The van der Waals surface area contributed by atoms with Gasteiger partial charge in [0.1, 0.15) is 0 Å². The van der Waals surface area contributed by atoms with Crippen LogP contribution < -0.4 is 5.32 Å². The van der Waals surface area contributed by atoms with Crippen molar-refractivity contribution < 1.29 is 4.79 Å². The molecular weight excluding hydrogens is 372 g/mol. The maximum atomic E-state index is 13.4. The van der Waals surface area contributed by atoms with Crippen molar-refractivity contribution >= 4 is 11.5 Å². The molecule has 3 aliphatic rings. The number of nitrogens with one attached hydrogen (secondary N) is 1. The highest BCUT2D eigenvalue weighted by Gasteiger charge is 2.43. The average molecular weight is 405 g/mol. The summed E-state index contributed by atoms with van der Waals surface area (Å²) < 4.78 is 1.82. The van der Waals surface area contributed by atoms with Crippen molar-refractivity contribution in [2.24, 2.45) is 12.5 Å². The molecule has 5 heteroatoms. The van der Waals surface area contributed by atoms with Gasteiger partial charge in [-0.2, -0.15) is 5.10 Å². The smallest absolute Gasteiger partial charge is 0.252 e. The van der Waals surface area contributed by atoms with E-state index >= 15 is 0 Å². The fourth-order valence-electron chi connectivity index (χ4n) is 5.82. The third kappa shape index (κ3) is 3.49. The number of allylic oxidation sites excluding steroid dienone is 1. The Kier molecular flexibility index (Phi) is 4.81. The van der Waals surface area contributed by atoms with Crippen LogP contribution in [0.4, 0.5) is 0 Å². The van der Waals surface area contributed by atoms with Gasteiger partial charge in [-0.15, -0.1) is 0 Å². The third-order valence-corrected chi connectivity index (χ3v) is 7.43. The Balaban J connectivity index is 1.35. The predicted molar refractivity (Wildman–Crippen MR) is 120 cm³/mol. The van der Waals surface area contributed by atoms with E-state index in [1.165, 1.54) is 37.1 Å². The zero-order valence-electron chi connectivity index (χ0n) is 18.4. The number of amides is 1. The van der Waals surface area contributed by atoms with E-state index < -0.39 is 0 Å². The Morgan fingerprint density at radius 2 is 1.90 bits per heavy atom. The van der Waals surface area contributed by atoms with E-state index in [4.69, 9.17) is 0 Å². The first-order valence-electron chi connectivity index (χ1n) is 11.2. The number of aromatic nitrogens is 2. The van der Waals surface area contributed by atoms with E-state index in [1.807, 2.05) is 24.1 Å². The highest BCUT2D eigenvalue weighted by Crippen LogP contribution is 2.43. The molecular formula is C25H32N4O. The van der Waals surface area contributed by atoms with Gasteiger partial charge in [0.05, 0.1) is 6.20 Å². The fraction of sp³-hybridized carbons (Fsp3) is 0.520. The maximum absolute atomic E-state index is 13.4. The standard InChI is InChI=1S/C25H32N4O/c1-17-4-5-18-6-7-19(20-13-26-29(3)14-20)12-22(18)23(17)24(30)27-21-8-10-25(11-9-21)15-28(2)16-25/h6-7,12-14,21H,4-5,8-11,15-16H2,1-3H3,(H,27,30). The molecule has 1 N–H and O–H groups in total. The second-order valence-electron chi connectivity index (χ2n) is 9.85. The number of carbonyl (C=O) groups excluding carboxylic acids is 1. The Morgan fingerprint density at radius 1 is 1.13 bits per heavy atom. The van der Waals surface area contributed by atoms with Crippen LogP contribution in [0.3, 0.4) is 0 Å². The third-order valence-electron chi connectivity index (χ3n) is 7.43. The van der Waals surface area contributed by atoms with E-state index in [9.17, 15) is 4.79 Å². The van der Waals surface area contributed by atoms with E-state index in [1.54, 1.807) is 0 Å². The Bertz CT molecular complexity index is 1000. The number of aryl methyl sites for hydroxylation is 2. The lowest BCUT2D eigenvalue weighted by Crippen LogP contribution is -2.57. The topological polar surface area (TPSA) is 50.2 Å². The van der Waals surface area contributed by atoms with E-state index in [-0.39, 0.29) is 5.91 Å². The molecule has 0 radical (unpaired) electrons. The van der Waals surface area contributed by atoms with Crippen LogP contribution in [-0.2, 0) is 18.3 Å². The summed E-state index contributed by atoms with van der Waals surface area (Å²) in [5, 5.41) is 7.70. The van der Waals surface area contributed by atoms with Gasteiger partial charge in [-0.1, -0.05) is 17.7 Å². The molecule has 1 saturated carbocycles. The lowest BCUT2D eigenvalue weighted by Gasteiger charge is -2.52. The van der Waals surface area contributed by atoms with Gasteiger partial charge < -0.3 is 10.2 Å². The lowest BCUT2D eigenvalue weighted by atomic mass is 9.67. The van der Waals surface area contributed by atoms with Gasteiger partial charge in [-0.25, -0.2) is 0 Å². The SMILES string of the molecule is CC1=C(C(=O)NC2CCC3(CC2)CN(C)C3)c2cc(-c3cnn(C)c3)ccc2CC1. The molecule has 5 rings (SSSR count). The summed E-state index contributed by atoms with van der Waals surface area (Å²) in [6.07, 6.45) is 10.6. The molecule has 0 bridgehead atoms. The minimum atomic E-state index is 0.114. The van der Waals surface area contributed by atoms with E-state index in [2.05, 4.69) is 47.5 Å². The molecule has 2 fully saturated rings. The van der Waals surface area contributed by atoms with Crippen molar-refractivity contribution in [1.82, 2.24) is 20.0 Å². The first kappa shape index (κ1) is 19.6. The monoisotopic (exact) mass is 404 g/mol. The minimum absolute atomic E-state index is 0.114. The molecule has 158 valence electrons. The van der Waals surface area contributed by atoms with Crippen LogP contribution in [0.1, 0.15) is 50.2 Å². The van der Waals surface area contributed by atoms with Gasteiger partial charge in [0.25, 0.3) is 5.91 Å². The first-order valence-corrected chi connectivity index (χ1v) is 11.2. The van der Waals surface area contributed by atoms with Gasteiger partial charge in [0, 0.05) is 43.5 Å². The zero-order chi connectivity index (χ0) is 20.9. The van der Waals surface area contributed by atoms with Crippen LogP contribution in [0.2, 0.25) is 0 Å². The summed E-state index contributed by atoms with van der Waals surface area (Å²) in [5.74, 6) is 0.114. The molecule has 1 spiro atoms. The van der Waals surface area contributed by atoms with Gasteiger partial charge >= 0.3 is 0 Å². The number of hydrogen-bond acceptors (Lipinski definition) is 3. The van der Waals surface area contributed by atoms with Crippen LogP contribution in [0.15, 0.2) is 36.2 Å². The first-order chi connectivity index (χ1) is 14.4.